The minimum absolute atomic E-state index is 0. The summed E-state index contributed by atoms with van der Waals surface area (Å²) in [4.78, 5) is 16.1. The molecule has 2 aliphatic rings. The molecule has 6 nitrogen and oxygen atoms in total. The molecule has 1 aromatic heterocycles. The molecule has 0 aliphatic carbocycles. The van der Waals surface area contributed by atoms with Gasteiger partial charge in [-0.1, -0.05) is 0 Å². The number of aryl methyl sites for hydroxylation is 1. The molecule has 20 heavy (non-hydrogen) atoms. The van der Waals surface area contributed by atoms with Gasteiger partial charge < -0.3 is 10.6 Å². The molecule has 1 aromatic rings. The van der Waals surface area contributed by atoms with E-state index in [1.54, 1.807) is 11.9 Å². The summed E-state index contributed by atoms with van der Waals surface area (Å²) in [5, 5.41) is 4.60. The van der Waals surface area contributed by atoms with Gasteiger partial charge in [0.2, 0.25) is 5.91 Å². The molecular formula is C13H22ClN5O. The Kier molecular flexibility index (Phi) is 4.67. The number of hydrogen-bond donors (Lipinski definition) is 1. The van der Waals surface area contributed by atoms with Crippen LogP contribution in [0.4, 0.5) is 5.82 Å². The van der Waals surface area contributed by atoms with Crippen LogP contribution in [0.3, 0.4) is 0 Å². The van der Waals surface area contributed by atoms with Gasteiger partial charge in [0, 0.05) is 32.6 Å². The third kappa shape index (κ3) is 2.82. The van der Waals surface area contributed by atoms with E-state index >= 15 is 0 Å². The van der Waals surface area contributed by atoms with E-state index in [1.807, 2.05) is 10.7 Å². The SMILES string of the molecule is CN1C(=O)C(N)CCn2nc(CCN3CCC3)cc21.Cl. The van der Waals surface area contributed by atoms with Gasteiger partial charge >= 0.3 is 0 Å². The molecular weight excluding hydrogens is 278 g/mol. The second-order valence-electron chi connectivity index (χ2n) is 5.45. The van der Waals surface area contributed by atoms with E-state index < -0.39 is 6.04 Å². The highest BCUT2D eigenvalue weighted by Gasteiger charge is 2.26. The number of aromatic nitrogens is 2. The number of anilines is 1. The predicted octanol–water partition coefficient (Wildman–Crippen LogP) is 0.247. The fourth-order valence-corrected chi connectivity index (χ4v) is 2.64. The highest BCUT2D eigenvalue weighted by molar-refractivity contribution is 5.96. The Morgan fingerprint density at radius 1 is 1.40 bits per heavy atom. The number of likely N-dealkylation sites (N-methyl/N-ethyl adjacent to an activating group) is 1. The maximum Gasteiger partial charge on any atom is 0.244 e. The summed E-state index contributed by atoms with van der Waals surface area (Å²) in [6.45, 7) is 4.20. The number of halogens is 1. The molecule has 0 saturated carbocycles. The van der Waals surface area contributed by atoms with Crippen LogP contribution in [0.2, 0.25) is 0 Å². The zero-order chi connectivity index (χ0) is 13.4. The van der Waals surface area contributed by atoms with Crippen molar-refractivity contribution in [3.8, 4) is 0 Å². The molecule has 2 N–H and O–H groups in total. The lowest BCUT2D eigenvalue weighted by molar-refractivity contribution is -0.119. The van der Waals surface area contributed by atoms with Crippen LogP contribution in [0.1, 0.15) is 18.5 Å². The van der Waals surface area contributed by atoms with Crippen LogP contribution in [-0.4, -0.2) is 53.3 Å². The fourth-order valence-electron chi connectivity index (χ4n) is 2.64. The Bertz CT molecular complexity index is 485. The van der Waals surface area contributed by atoms with Crippen molar-refractivity contribution in [3.05, 3.63) is 11.8 Å². The first kappa shape index (κ1) is 15.3. The Morgan fingerprint density at radius 2 is 2.15 bits per heavy atom. The van der Waals surface area contributed by atoms with Gasteiger partial charge in [0.05, 0.1) is 11.7 Å². The van der Waals surface area contributed by atoms with Gasteiger partial charge in [0.25, 0.3) is 0 Å². The molecule has 3 heterocycles. The number of likely N-dealkylation sites (tertiary alicyclic amines) is 1. The molecule has 3 rings (SSSR count). The van der Waals surface area contributed by atoms with Crippen LogP contribution in [0.5, 0.6) is 0 Å². The maximum absolute atomic E-state index is 12.0. The zero-order valence-electron chi connectivity index (χ0n) is 11.8. The second-order valence-corrected chi connectivity index (χ2v) is 5.45. The monoisotopic (exact) mass is 299 g/mol. The van der Waals surface area contributed by atoms with Gasteiger partial charge in [-0.15, -0.1) is 12.4 Å². The fraction of sp³-hybridized carbons (Fsp3) is 0.692. The molecule has 1 saturated heterocycles. The van der Waals surface area contributed by atoms with E-state index in [4.69, 9.17) is 5.73 Å². The number of rotatable bonds is 3. The number of carbonyl (C=O) groups is 1. The molecule has 1 atom stereocenters. The predicted molar refractivity (Wildman–Crippen MR) is 80.2 cm³/mol. The first-order valence-electron chi connectivity index (χ1n) is 6.97. The van der Waals surface area contributed by atoms with Crippen LogP contribution in [0.25, 0.3) is 0 Å². The normalized spacial score (nSPS) is 22.8. The Labute approximate surface area is 125 Å². The van der Waals surface area contributed by atoms with E-state index in [9.17, 15) is 4.79 Å². The van der Waals surface area contributed by atoms with Gasteiger partial charge in [-0.3, -0.25) is 9.69 Å². The van der Waals surface area contributed by atoms with Crippen LogP contribution >= 0.6 is 12.4 Å². The van der Waals surface area contributed by atoms with Crippen LogP contribution in [0, 0.1) is 0 Å². The van der Waals surface area contributed by atoms with Crippen LogP contribution in [0.15, 0.2) is 6.07 Å². The highest BCUT2D eigenvalue weighted by atomic mass is 35.5. The molecule has 7 heteroatoms. The maximum atomic E-state index is 12.0. The summed E-state index contributed by atoms with van der Waals surface area (Å²) >= 11 is 0. The van der Waals surface area contributed by atoms with Crippen LogP contribution in [-0.2, 0) is 17.8 Å². The van der Waals surface area contributed by atoms with Gasteiger partial charge in [-0.2, -0.15) is 5.10 Å². The van der Waals surface area contributed by atoms with Gasteiger partial charge in [0.15, 0.2) is 0 Å². The van der Waals surface area contributed by atoms with Crippen molar-refractivity contribution >= 4 is 24.1 Å². The Morgan fingerprint density at radius 3 is 2.80 bits per heavy atom. The molecule has 0 aromatic carbocycles. The summed E-state index contributed by atoms with van der Waals surface area (Å²) in [5.74, 6) is 0.851. The lowest BCUT2D eigenvalue weighted by Gasteiger charge is -2.30. The quantitative estimate of drug-likeness (QED) is 0.869. The van der Waals surface area contributed by atoms with E-state index in [-0.39, 0.29) is 18.3 Å². The van der Waals surface area contributed by atoms with Gasteiger partial charge in [-0.05, 0) is 25.9 Å². The molecule has 0 bridgehead atoms. The first-order valence-corrected chi connectivity index (χ1v) is 6.97. The molecule has 1 amide bonds. The van der Waals surface area contributed by atoms with Crippen molar-refractivity contribution < 1.29 is 4.79 Å². The van der Waals surface area contributed by atoms with Crippen molar-refractivity contribution in [1.29, 1.82) is 0 Å². The van der Waals surface area contributed by atoms with Crippen molar-refractivity contribution in [3.63, 3.8) is 0 Å². The summed E-state index contributed by atoms with van der Waals surface area (Å²) in [6.07, 6.45) is 2.92. The number of nitrogens with two attached hydrogens (primary N) is 1. The summed E-state index contributed by atoms with van der Waals surface area (Å²) < 4.78 is 1.91. The third-order valence-electron chi connectivity index (χ3n) is 4.09. The van der Waals surface area contributed by atoms with Crippen LogP contribution < -0.4 is 10.6 Å². The average Bonchev–Trinajstić information content (AvgIpc) is 2.71. The lowest BCUT2D eigenvalue weighted by Crippen LogP contribution is -2.40. The van der Waals surface area contributed by atoms with Gasteiger partial charge in [0.1, 0.15) is 5.82 Å². The molecule has 0 radical (unpaired) electrons. The van der Waals surface area contributed by atoms with Crippen molar-refractivity contribution in [2.45, 2.75) is 31.8 Å². The van der Waals surface area contributed by atoms with E-state index in [0.29, 0.717) is 6.42 Å². The number of nitrogens with zero attached hydrogens (tertiary/aromatic N) is 4. The first-order chi connectivity index (χ1) is 9.15. The minimum atomic E-state index is -0.406. The molecule has 1 unspecified atom stereocenters. The largest absolute Gasteiger partial charge is 0.320 e. The molecule has 1 fully saturated rings. The molecule has 0 spiro atoms. The Balaban J connectivity index is 0.00000147. The standard InChI is InChI=1S/C13H21N5O.ClH/c1-16-12-9-10(3-7-17-5-2-6-17)15-18(12)8-4-11(14)13(16)19;/h9,11H,2-8,14H2,1H3;1H. The second kappa shape index (κ2) is 6.11. The number of hydrogen-bond acceptors (Lipinski definition) is 4. The minimum Gasteiger partial charge on any atom is -0.320 e. The van der Waals surface area contributed by atoms with Crippen molar-refractivity contribution in [2.75, 3.05) is 31.6 Å². The molecule has 112 valence electrons. The average molecular weight is 300 g/mol. The van der Waals surface area contributed by atoms with Crippen molar-refractivity contribution in [1.82, 2.24) is 14.7 Å². The zero-order valence-corrected chi connectivity index (χ0v) is 12.6. The highest BCUT2D eigenvalue weighted by Crippen LogP contribution is 2.21. The number of amides is 1. The lowest BCUT2D eigenvalue weighted by atomic mass is 10.2. The smallest absolute Gasteiger partial charge is 0.244 e. The summed E-state index contributed by atoms with van der Waals surface area (Å²) in [7, 11) is 1.78. The molecule has 2 aliphatic heterocycles. The number of carbonyl (C=O) groups excluding carboxylic acids is 1. The van der Waals surface area contributed by atoms with E-state index in [2.05, 4.69) is 10.00 Å². The third-order valence-corrected chi connectivity index (χ3v) is 4.09. The van der Waals surface area contributed by atoms with Gasteiger partial charge in [-0.25, -0.2) is 4.68 Å². The topological polar surface area (TPSA) is 67.4 Å². The summed E-state index contributed by atoms with van der Waals surface area (Å²) in [6, 6.07) is 1.62. The van der Waals surface area contributed by atoms with Crippen molar-refractivity contribution in [2.24, 2.45) is 5.73 Å². The number of fused-ring (bicyclic) bond motifs is 1. The van der Waals surface area contributed by atoms with E-state index in [1.165, 1.54) is 19.5 Å². The summed E-state index contributed by atoms with van der Waals surface area (Å²) in [5.41, 5.74) is 6.90. The Hall–Kier alpha value is -1.11. The van der Waals surface area contributed by atoms with E-state index in [0.717, 1.165) is 31.0 Å².